The monoisotopic (exact) mass is 849 g/mol. The van der Waals surface area contributed by atoms with Crippen molar-refractivity contribution in [2.45, 2.75) is 264 Å². The lowest BCUT2D eigenvalue weighted by atomic mass is 10.0. The Morgan fingerprint density at radius 1 is 0.448 bits per heavy atom. The van der Waals surface area contributed by atoms with Gasteiger partial charge >= 0.3 is 19.8 Å². The van der Waals surface area contributed by atoms with Gasteiger partial charge in [0, 0.05) is 12.8 Å². The first-order chi connectivity index (χ1) is 28.2. The SMILES string of the molecule is CCCCCCCCCCCCCCCCCCCCCCCCC(=O)OC[C@H](COP(=O)(O)OC[C@H](O)CO)OC(=O)CCCCCCCCCCCCCCC. The van der Waals surface area contributed by atoms with Crippen molar-refractivity contribution in [2.24, 2.45) is 0 Å². The molecule has 0 aromatic heterocycles. The van der Waals surface area contributed by atoms with Gasteiger partial charge in [-0.3, -0.25) is 18.6 Å². The number of aliphatic hydroxyl groups excluding tert-OH is 2. The van der Waals surface area contributed by atoms with E-state index in [-0.39, 0.29) is 19.4 Å². The zero-order valence-electron chi connectivity index (χ0n) is 37.8. The predicted octanol–water partition coefficient (Wildman–Crippen LogP) is 13.4. The standard InChI is InChI=1S/C47H93O10P/c1-3-5-7-9-11-13-15-17-18-19-20-21-22-23-24-25-27-28-30-32-34-36-38-46(50)54-42-45(43-56-58(52,53)55-41-44(49)40-48)57-47(51)39-37-35-33-31-29-26-16-14-12-10-8-6-4-2/h44-45,48-49H,3-43H2,1-2H3,(H,52,53)/t44-,45-/m1/s1. The van der Waals surface area contributed by atoms with Crippen LogP contribution in [0.25, 0.3) is 0 Å². The summed E-state index contributed by atoms with van der Waals surface area (Å²) in [6.07, 6.45) is 42.2. The van der Waals surface area contributed by atoms with Crippen molar-refractivity contribution in [1.29, 1.82) is 0 Å². The first-order valence-corrected chi connectivity index (χ1v) is 26.0. The Labute approximate surface area is 356 Å². The van der Waals surface area contributed by atoms with Crippen molar-refractivity contribution in [3.63, 3.8) is 0 Å². The molecule has 0 fully saturated rings. The summed E-state index contributed by atoms with van der Waals surface area (Å²) in [6.45, 7) is 2.43. The number of hydrogen-bond donors (Lipinski definition) is 3. The van der Waals surface area contributed by atoms with Crippen LogP contribution in [0.15, 0.2) is 0 Å². The lowest BCUT2D eigenvalue weighted by Crippen LogP contribution is -2.29. The zero-order valence-corrected chi connectivity index (χ0v) is 38.7. The summed E-state index contributed by atoms with van der Waals surface area (Å²) in [5.74, 6) is -0.906. The Morgan fingerprint density at radius 3 is 1.07 bits per heavy atom. The number of phosphoric ester groups is 1. The van der Waals surface area contributed by atoms with Gasteiger partial charge in [-0.2, -0.15) is 0 Å². The normalized spacial score (nSPS) is 13.7. The van der Waals surface area contributed by atoms with Gasteiger partial charge in [0.2, 0.25) is 0 Å². The average molecular weight is 849 g/mol. The van der Waals surface area contributed by atoms with E-state index in [0.29, 0.717) is 12.8 Å². The number of hydrogen-bond acceptors (Lipinski definition) is 9. The number of esters is 2. The molecule has 0 aliphatic heterocycles. The van der Waals surface area contributed by atoms with Gasteiger partial charge in [0.05, 0.1) is 19.8 Å². The van der Waals surface area contributed by atoms with Crippen LogP contribution in [0.3, 0.4) is 0 Å². The smallest absolute Gasteiger partial charge is 0.462 e. The Kier molecular flexibility index (Phi) is 43.3. The van der Waals surface area contributed by atoms with Crippen LogP contribution in [0, 0.1) is 0 Å². The van der Waals surface area contributed by atoms with Gasteiger partial charge in [-0.05, 0) is 12.8 Å². The van der Waals surface area contributed by atoms with E-state index >= 15 is 0 Å². The molecule has 0 spiro atoms. The maximum atomic E-state index is 12.6. The summed E-state index contributed by atoms with van der Waals surface area (Å²) in [5.41, 5.74) is 0. The van der Waals surface area contributed by atoms with Gasteiger partial charge < -0.3 is 24.6 Å². The van der Waals surface area contributed by atoms with Gasteiger partial charge in [-0.15, -0.1) is 0 Å². The third kappa shape index (κ3) is 43.1. The van der Waals surface area contributed by atoms with E-state index in [4.69, 9.17) is 23.6 Å². The molecule has 0 aromatic rings. The van der Waals surface area contributed by atoms with Gasteiger partial charge in [0.25, 0.3) is 0 Å². The van der Waals surface area contributed by atoms with Crippen molar-refractivity contribution in [1.82, 2.24) is 0 Å². The molecule has 0 amide bonds. The highest BCUT2D eigenvalue weighted by molar-refractivity contribution is 7.47. The number of phosphoric acid groups is 1. The fourth-order valence-corrected chi connectivity index (χ4v) is 8.02. The molecule has 0 saturated heterocycles. The van der Waals surface area contributed by atoms with Crippen LogP contribution in [0.1, 0.15) is 251 Å². The summed E-state index contributed by atoms with van der Waals surface area (Å²) in [5, 5.41) is 18.4. The molecule has 0 aliphatic carbocycles. The van der Waals surface area contributed by atoms with Crippen molar-refractivity contribution in [3.8, 4) is 0 Å². The second-order valence-corrected chi connectivity index (χ2v) is 18.3. The van der Waals surface area contributed by atoms with E-state index in [1.807, 2.05) is 0 Å². The van der Waals surface area contributed by atoms with Gasteiger partial charge in [-0.1, -0.05) is 226 Å². The van der Waals surface area contributed by atoms with Crippen molar-refractivity contribution >= 4 is 19.8 Å². The van der Waals surface area contributed by atoms with E-state index in [1.165, 1.54) is 180 Å². The van der Waals surface area contributed by atoms with E-state index in [1.54, 1.807) is 0 Å². The topological polar surface area (TPSA) is 149 Å². The second kappa shape index (κ2) is 44.0. The molecule has 346 valence electrons. The van der Waals surface area contributed by atoms with Crippen molar-refractivity contribution < 1.29 is 47.8 Å². The molecular weight excluding hydrogens is 755 g/mol. The number of ether oxygens (including phenoxy) is 2. The molecule has 0 bridgehead atoms. The van der Waals surface area contributed by atoms with E-state index < -0.39 is 51.8 Å². The lowest BCUT2D eigenvalue weighted by molar-refractivity contribution is -0.161. The number of aliphatic hydroxyl groups is 2. The predicted molar refractivity (Wildman–Crippen MR) is 238 cm³/mol. The summed E-state index contributed by atoms with van der Waals surface area (Å²) >= 11 is 0. The average Bonchev–Trinajstić information content (AvgIpc) is 3.21. The van der Waals surface area contributed by atoms with E-state index in [0.717, 1.165) is 32.1 Å². The minimum atomic E-state index is -4.61. The maximum Gasteiger partial charge on any atom is 0.472 e. The van der Waals surface area contributed by atoms with Gasteiger partial charge in [-0.25, -0.2) is 4.57 Å². The fourth-order valence-electron chi connectivity index (χ4n) is 7.23. The summed E-state index contributed by atoms with van der Waals surface area (Å²) < 4.78 is 32.8. The van der Waals surface area contributed by atoms with Crippen LogP contribution in [0.2, 0.25) is 0 Å². The highest BCUT2D eigenvalue weighted by Crippen LogP contribution is 2.43. The van der Waals surface area contributed by atoms with Crippen LogP contribution in [-0.2, 0) is 32.7 Å². The summed E-state index contributed by atoms with van der Waals surface area (Å²) in [4.78, 5) is 35.1. The summed E-state index contributed by atoms with van der Waals surface area (Å²) in [6, 6.07) is 0. The molecular formula is C47H93O10P. The third-order valence-corrected chi connectivity index (χ3v) is 12.0. The molecule has 0 heterocycles. The molecule has 11 heteroatoms. The van der Waals surface area contributed by atoms with Crippen molar-refractivity contribution in [2.75, 3.05) is 26.4 Å². The minimum absolute atomic E-state index is 0.192. The Bertz CT molecular complexity index is 935. The molecule has 0 radical (unpaired) electrons. The van der Waals surface area contributed by atoms with Crippen LogP contribution in [0.4, 0.5) is 0 Å². The maximum absolute atomic E-state index is 12.6. The first kappa shape index (κ1) is 57.0. The molecule has 1 unspecified atom stereocenters. The molecule has 0 rings (SSSR count). The van der Waals surface area contributed by atoms with Crippen LogP contribution in [0.5, 0.6) is 0 Å². The molecule has 0 aliphatic rings. The van der Waals surface area contributed by atoms with Crippen molar-refractivity contribution in [3.05, 3.63) is 0 Å². The number of carbonyl (C=O) groups excluding carboxylic acids is 2. The molecule has 3 N–H and O–H groups in total. The Morgan fingerprint density at radius 2 is 0.741 bits per heavy atom. The van der Waals surface area contributed by atoms with Crippen LogP contribution in [-0.4, -0.2) is 65.7 Å². The molecule has 0 saturated carbocycles. The first-order valence-electron chi connectivity index (χ1n) is 24.5. The number of carbonyl (C=O) groups is 2. The molecule has 58 heavy (non-hydrogen) atoms. The lowest BCUT2D eigenvalue weighted by Gasteiger charge is -2.20. The van der Waals surface area contributed by atoms with Crippen LogP contribution < -0.4 is 0 Å². The fraction of sp³-hybridized carbons (Fsp3) is 0.957. The van der Waals surface area contributed by atoms with Crippen LogP contribution >= 0.6 is 7.82 Å². The van der Waals surface area contributed by atoms with Gasteiger partial charge in [0.1, 0.15) is 12.7 Å². The number of unbranched alkanes of at least 4 members (excludes halogenated alkanes) is 33. The highest BCUT2D eigenvalue weighted by Gasteiger charge is 2.27. The zero-order chi connectivity index (χ0) is 42.6. The summed E-state index contributed by atoms with van der Waals surface area (Å²) in [7, 11) is -4.61. The molecule has 10 nitrogen and oxygen atoms in total. The molecule has 0 aromatic carbocycles. The quantitative estimate of drug-likeness (QED) is 0.0307. The van der Waals surface area contributed by atoms with E-state index in [9.17, 15) is 24.2 Å². The number of rotatable bonds is 47. The Balaban J connectivity index is 4.09. The van der Waals surface area contributed by atoms with E-state index in [2.05, 4.69) is 13.8 Å². The highest BCUT2D eigenvalue weighted by atomic mass is 31.2. The third-order valence-electron chi connectivity index (χ3n) is 11.0. The second-order valence-electron chi connectivity index (χ2n) is 16.9. The minimum Gasteiger partial charge on any atom is -0.462 e. The van der Waals surface area contributed by atoms with Gasteiger partial charge in [0.15, 0.2) is 6.10 Å². The Hall–Kier alpha value is -1.03. The largest absolute Gasteiger partial charge is 0.472 e. The molecule has 3 atom stereocenters.